The smallest absolute Gasteiger partial charge is 0.338 e. The Kier molecular flexibility index (Phi) is 6.94. The van der Waals surface area contributed by atoms with Crippen molar-refractivity contribution >= 4 is 33.2 Å². The highest BCUT2D eigenvalue weighted by molar-refractivity contribution is 7.89. The van der Waals surface area contributed by atoms with Gasteiger partial charge in [-0.2, -0.15) is 4.31 Å². The second-order valence-electron chi connectivity index (χ2n) is 8.29. The average Bonchev–Trinajstić information content (AvgIpc) is 3.57. The highest BCUT2D eigenvalue weighted by Gasteiger charge is 2.27. The number of Topliss-reactive ketones (excluding diaryl/α,β-unsaturated/α-hetero) is 1. The van der Waals surface area contributed by atoms with E-state index in [1.165, 1.54) is 46.8 Å². The summed E-state index contributed by atoms with van der Waals surface area (Å²) in [5, 5.41) is 11.5. The number of carbonyl (C=O) groups excluding carboxylic acids is 2. The Balaban J connectivity index is 1.40. The predicted octanol–water partition coefficient (Wildman–Crippen LogP) is 3.02. The third-order valence-corrected chi connectivity index (χ3v) is 7.98. The van der Waals surface area contributed by atoms with Gasteiger partial charge in [-0.05, 0) is 62.1 Å². The van der Waals surface area contributed by atoms with Crippen LogP contribution >= 0.6 is 0 Å². The molecule has 0 spiro atoms. The van der Waals surface area contributed by atoms with Crippen molar-refractivity contribution in [3.63, 3.8) is 0 Å². The molecule has 0 aromatic heterocycles. The number of nitro groups is 1. The van der Waals surface area contributed by atoms with Gasteiger partial charge in [0.15, 0.2) is 12.4 Å². The molecule has 2 heterocycles. The molecule has 0 aliphatic carbocycles. The molecule has 4 rings (SSSR count). The summed E-state index contributed by atoms with van der Waals surface area (Å²) >= 11 is 0. The number of esters is 1. The molecule has 0 bridgehead atoms. The second-order valence-corrected chi connectivity index (χ2v) is 10.2. The number of rotatable bonds is 8. The van der Waals surface area contributed by atoms with E-state index < -0.39 is 33.3 Å². The lowest BCUT2D eigenvalue weighted by Crippen LogP contribution is -2.27. The number of nitrogens with zero attached hydrogens (tertiary/aromatic N) is 3. The summed E-state index contributed by atoms with van der Waals surface area (Å²) in [5.41, 5.74) is 0.453. The largest absolute Gasteiger partial charge is 0.454 e. The number of nitro benzene ring substituents is 1. The maximum Gasteiger partial charge on any atom is 0.338 e. The van der Waals surface area contributed by atoms with Crippen LogP contribution in [0.5, 0.6) is 0 Å². The number of carbonyl (C=O) groups is 2. The number of ether oxygens (including phenoxy) is 1. The van der Waals surface area contributed by atoms with Crippen molar-refractivity contribution in [1.82, 2.24) is 4.31 Å². The SMILES string of the molecule is O=C(COC(=O)c1ccc(N2CCCC2)c([N+](=O)[O-])c1)c1ccc(S(=O)(=O)N2CCCC2)cc1. The maximum absolute atomic E-state index is 12.6. The molecular weight excluding hydrogens is 462 g/mol. The van der Waals surface area contributed by atoms with Gasteiger partial charge >= 0.3 is 5.97 Å². The molecule has 2 saturated heterocycles. The highest BCUT2D eigenvalue weighted by Crippen LogP contribution is 2.32. The van der Waals surface area contributed by atoms with E-state index in [9.17, 15) is 28.1 Å². The number of sulfonamides is 1. The molecule has 2 aromatic carbocycles. The second kappa shape index (κ2) is 9.90. The lowest BCUT2D eigenvalue weighted by Gasteiger charge is -2.17. The Hall–Kier alpha value is -3.31. The van der Waals surface area contributed by atoms with Crippen molar-refractivity contribution in [3.05, 3.63) is 63.7 Å². The minimum Gasteiger partial charge on any atom is -0.454 e. The highest BCUT2D eigenvalue weighted by atomic mass is 32.2. The van der Waals surface area contributed by atoms with Gasteiger partial charge in [-0.25, -0.2) is 13.2 Å². The number of benzene rings is 2. The summed E-state index contributed by atoms with van der Waals surface area (Å²) < 4.78 is 31.7. The lowest BCUT2D eigenvalue weighted by atomic mass is 10.1. The quantitative estimate of drug-likeness (QED) is 0.241. The van der Waals surface area contributed by atoms with E-state index in [1.54, 1.807) is 0 Å². The third kappa shape index (κ3) is 4.95. The van der Waals surface area contributed by atoms with Gasteiger partial charge in [0.05, 0.1) is 15.4 Å². The predicted molar refractivity (Wildman–Crippen MR) is 124 cm³/mol. The normalized spacial score (nSPS) is 16.5. The van der Waals surface area contributed by atoms with Crippen LogP contribution in [-0.2, 0) is 14.8 Å². The molecule has 0 saturated carbocycles. The van der Waals surface area contributed by atoms with Crippen molar-refractivity contribution in [2.75, 3.05) is 37.7 Å². The molecule has 2 aromatic rings. The van der Waals surface area contributed by atoms with Gasteiger partial charge in [0.1, 0.15) is 5.69 Å². The van der Waals surface area contributed by atoms with Crippen LogP contribution in [0.1, 0.15) is 46.4 Å². The Morgan fingerprint density at radius 3 is 2.12 bits per heavy atom. The number of ketones is 1. The zero-order chi connectivity index (χ0) is 24.3. The van der Waals surface area contributed by atoms with Crippen molar-refractivity contribution in [1.29, 1.82) is 0 Å². The van der Waals surface area contributed by atoms with Gasteiger partial charge in [0.25, 0.3) is 5.69 Å². The summed E-state index contributed by atoms with van der Waals surface area (Å²) in [6.07, 6.45) is 3.55. The van der Waals surface area contributed by atoms with Gasteiger partial charge in [-0.1, -0.05) is 0 Å². The van der Waals surface area contributed by atoms with Crippen LogP contribution in [0.25, 0.3) is 0 Å². The van der Waals surface area contributed by atoms with E-state index in [2.05, 4.69) is 0 Å². The Labute approximate surface area is 197 Å². The first-order chi connectivity index (χ1) is 16.3. The van der Waals surface area contributed by atoms with E-state index in [-0.39, 0.29) is 21.7 Å². The van der Waals surface area contributed by atoms with E-state index in [1.807, 2.05) is 4.90 Å². The molecule has 0 unspecified atom stereocenters. The first-order valence-corrected chi connectivity index (χ1v) is 12.6. The van der Waals surface area contributed by atoms with Crippen molar-refractivity contribution < 1.29 is 27.7 Å². The maximum atomic E-state index is 12.6. The summed E-state index contributed by atoms with van der Waals surface area (Å²) in [6.45, 7) is 1.83. The Morgan fingerprint density at radius 2 is 1.50 bits per heavy atom. The standard InChI is InChI=1S/C23H25N3O7S/c27-22(17-5-8-19(9-6-17)34(31,32)25-13-3-4-14-25)16-33-23(28)18-7-10-20(21(15-18)26(29)30)24-11-1-2-12-24/h5-10,15H,1-4,11-14,16H2. The van der Waals surface area contributed by atoms with Crippen molar-refractivity contribution in [2.45, 2.75) is 30.6 Å². The van der Waals surface area contributed by atoms with Crippen LogP contribution in [0, 0.1) is 10.1 Å². The molecular formula is C23H25N3O7S. The minimum absolute atomic E-state index is 0.0190. The zero-order valence-corrected chi connectivity index (χ0v) is 19.3. The summed E-state index contributed by atoms with van der Waals surface area (Å²) in [5.74, 6) is -1.36. The Morgan fingerprint density at radius 1 is 0.912 bits per heavy atom. The molecule has 11 heteroatoms. The lowest BCUT2D eigenvalue weighted by molar-refractivity contribution is -0.384. The van der Waals surface area contributed by atoms with Crippen LogP contribution < -0.4 is 4.90 Å². The van der Waals surface area contributed by atoms with Crippen LogP contribution in [0.15, 0.2) is 47.4 Å². The first kappa shape index (κ1) is 23.8. The van der Waals surface area contributed by atoms with Crippen LogP contribution in [0.4, 0.5) is 11.4 Å². The summed E-state index contributed by atoms with van der Waals surface area (Å²) in [6, 6.07) is 9.64. The molecule has 2 aliphatic rings. The molecule has 0 N–H and O–H groups in total. The summed E-state index contributed by atoms with van der Waals surface area (Å²) in [4.78, 5) is 37.9. The molecule has 2 fully saturated rings. The molecule has 0 atom stereocenters. The van der Waals surface area contributed by atoms with Gasteiger partial charge < -0.3 is 9.64 Å². The van der Waals surface area contributed by atoms with Gasteiger partial charge in [0, 0.05) is 37.8 Å². The summed E-state index contributed by atoms with van der Waals surface area (Å²) in [7, 11) is -3.59. The topological polar surface area (TPSA) is 127 Å². The molecule has 2 aliphatic heterocycles. The fourth-order valence-electron chi connectivity index (χ4n) is 4.21. The average molecular weight is 488 g/mol. The fourth-order valence-corrected chi connectivity index (χ4v) is 5.73. The van der Waals surface area contributed by atoms with E-state index >= 15 is 0 Å². The monoisotopic (exact) mass is 487 g/mol. The Bertz CT molecular complexity index is 1200. The molecule has 0 amide bonds. The minimum atomic E-state index is -3.59. The van der Waals surface area contributed by atoms with Crippen LogP contribution in [0.2, 0.25) is 0 Å². The number of hydrogen-bond acceptors (Lipinski definition) is 8. The fraction of sp³-hybridized carbons (Fsp3) is 0.391. The molecule has 34 heavy (non-hydrogen) atoms. The third-order valence-electron chi connectivity index (χ3n) is 6.07. The number of anilines is 1. The molecule has 180 valence electrons. The van der Waals surface area contributed by atoms with Gasteiger partial charge in [0.2, 0.25) is 10.0 Å². The number of hydrogen-bond donors (Lipinski definition) is 0. The first-order valence-electron chi connectivity index (χ1n) is 11.1. The molecule has 10 nitrogen and oxygen atoms in total. The van der Waals surface area contributed by atoms with Crippen LogP contribution in [-0.4, -0.2) is 62.2 Å². The van der Waals surface area contributed by atoms with Gasteiger partial charge in [-0.15, -0.1) is 0 Å². The zero-order valence-electron chi connectivity index (χ0n) is 18.5. The van der Waals surface area contributed by atoms with E-state index in [4.69, 9.17) is 4.74 Å². The van der Waals surface area contributed by atoms with Crippen molar-refractivity contribution in [3.8, 4) is 0 Å². The van der Waals surface area contributed by atoms with E-state index in [0.29, 0.717) is 18.8 Å². The molecule has 0 radical (unpaired) electrons. The van der Waals surface area contributed by atoms with Crippen molar-refractivity contribution in [2.24, 2.45) is 0 Å². The van der Waals surface area contributed by atoms with E-state index in [0.717, 1.165) is 38.8 Å². The van der Waals surface area contributed by atoms with Gasteiger partial charge in [-0.3, -0.25) is 14.9 Å². The van der Waals surface area contributed by atoms with Crippen LogP contribution in [0.3, 0.4) is 0 Å².